The molecule has 0 fully saturated rings. The second kappa shape index (κ2) is 6.63. The molecule has 0 aliphatic rings. The molecule has 0 bridgehead atoms. The molecule has 0 saturated heterocycles. The van der Waals surface area contributed by atoms with Crippen molar-refractivity contribution in [1.29, 1.82) is 0 Å². The first-order valence-electron chi connectivity index (χ1n) is 7.11. The maximum absolute atomic E-state index is 12.9. The first-order chi connectivity index (χ1) is 11.8. The summed E-state index contributed by atoms with van der Waals surface area (Å²) < 4.78 is 38.7. The average Bonchev–Trinajstić information content (AvgIpc) is 3.19. The molecule has 0 aliphatic carbocycles. The summed E-state index contributed by atoms with van der Waals surface area (Å²) in [7, 11) is 0. The van der Waals surface area contributed by atoms with Crippen LogP contribution >= 0.6 is 11.3 Å². The SMILES string of the molecule is Cc1ccc(NC(=O)Cc2csc(-c3ncn[nH]3)n2)cc1C(F)(F)F. The summed E-state index contributed by atoms with van der Waals surface area (Å²) >= 11 is 1.29. The normalized spacial score (nSPS) is 11.5. The minimum atomic E-state index is -4.47. The number of rotatable bonds is 4. The van der Waals surface area contributed by atoms with Crippen LogP contribution in [0.5, 0.6) is 0 Å². The highest BCUT2D eigenvalue weighted by Crippen LogP contribution is 2.33. The molecule has 3 rings (SSSR count). The van der Waals surface area contributed by atoms with Gasteiger partial charge in [0, 0.05) is 11.1 Å². The predicted octanol–water partition coefficient (Wildman–Crippen LogP) is 3.44. The topological polar surface area (TPSA) is 83.6 Å². The third-order valence-electron chi connectivity index (χ3n) is 3.34. The fourth-order valence-corrected chi connectivity index (χ4v) is 2.94. The lowest BCUT2D eigenvalue weighted by Crippen LogP contribution is -2.16. The van der Waals surface area contributed by atoms with Gasteiger partial charge < -0.3 is 5.32 Å². The zero-order chi connectivity index (χ0) is 18.0. The number of aromatic amines is 1. The maximum Gasteiger partial charge on any atom is 0.416 e. The second-order valence-corrected chi connectivity index (χ2v) is 6.09. The number of nitrogens with zero attached hydrogens (tertiary/aromatic N) is 3. The monoisotopic (exact) mass is 367 g/mol. The van der Waals surface area contributed by atoms with Crippen molar-refractivity contribution >= 4 is 22.9 Å². The number of aromatic nitrogens is 4. The van der Waals surface area contributed by atoms with Gasteiger partial charge in [0.1, 0.15) is 6.33 Å². The van der Waals surface area contributed by atoms with Crippen LogP contribution < -0.4 is 5.32 Å². The lowest BCUT2D eigenvalue weighted by atomic mass is 10.1. The molecule has 0 radical (unpaired) electrons. The van der Waals surface area contributed by atoms with E-state index in [0.717, 1.165) is 6.07 Å². The molecule has 0 unspecified atom stereocenters. The molecule has 10 heteroatoms. The molecule has 2 N–H and O–H groups in total. The molecule has 0 saturated carbocycles. The summed E-state index contributed by atoms with van der Waals surface area (Å²) in [5, 5.41) is 11.1. The number of carbonyl (C=O) groups is 1. The Kier molecular flexibility index (Phi) is 4.53. The van der Waals surface area contributed by atoms with Crippen molar-refractivity contribution < 1.29 is 18.0 Å². The smallest absolute Gasteiger partial charge is 0.326 e. The second-order valence-electron chi connectivity index (χ2n) is 5.23. The molecular formula is C15H12F3N5OS. The molecule has 2 heterocycles. The van der Waals surface area contributed by atoms with E-state index in [0.29, 0.717) is 16.5 Å². The van der Waals surface area contributed by atoms with Crippen LogP contribution in [0.2, 0.25) is 0 Å². The summed E-state index contributed by atoms with van der Waals surface area (Å²) in [6, 6.07) is 3.68. The lowest BCUT2D eigenvalue weighted by molar-refractivity contribution is -0.138. The molecule has 0 aliphatic heterocycles. The number of amides is 1. The Bertz CT molecular complexity index is 889. The highest BCUT2D eigenvalue weighted by molar-refractivity contribution is 7.13. The quantitative estimate of drug-likeness (QED) is 0.740. The van der Waals surface area contributed by atoms with E-state index in [1.54, 1.807) is 5.38 Å². The molecule has 0 atom stereocenters. The summed E-state index contributed by atoms with van der Waals surface area (Å²) in [6.45, 7) is 1.37. The number of thiazole rings is 1. The Morgan fingerprint density at radius 2 is 2.16 bits per heavy atom. The van der Waals surface area contributed by atoms with Crippen LogP contribution in [-0.4, -0.2) is 26.1 Å². The first kappa shape index (κ1) is 17.1. The van der Waals surface area contributed by atoms with E-state index in [2.05, 4.69) is 25.5 Å². The van der Waals surface area contributed by atoms with Crippen LogP contribution in [0.1, 0.15) is 16.8 Å². The Labute approximate surface area is 144 Å². The number of alkyl halides is 3. The molecule has 25 heavy (non-hydrogen) atoms. The van der Waals surface area contributed by atoms with Gasteiger partial charge in [0.15, 0.2) is 10.8 Å². The van der Waals surface area contributed by atoms with Crippen molar-refractivity contribution in [1.82, 2.24) is 20.2 Å². The van der Waals surface area contributed by atoms with Crippen molar-refractivity contribution in [3.05, 3.63) is 46.7 Å². The fourth-order valence-electron chi connectivity index (χ4n) is 2.18. The summed E-state index contributed by atoms with van der Waals surface area (Å²) in [5.41, 5.74) is -0.0843. The van der Waals surface area contributed by atoms with Crippen molar-refractivity contribution in [2.45, 2.75) is 19.5 Å². The summed E-state index contributed by atoms with van der Waals surface area (Å²) in [5.74, 6) is 0.0383. The number of nitrogens with one attached hydrogen (secondary N) is 2. The average molecular weight is 367 g/mol. The van der Waals surface area contributed by atoms with E-state index >= 15 is 0 Å². The number of H-pyrrole nitrogens is 1. The predicted molar refractivity (Wildman–Crippen MR) is 86.0 cm³/mol. The standard InChI is InChI=1S/C15H12F3N5OS/c1-8-2-3-9(4-11(8)15(16,17)18)21-12(24)5-10-6-25-14(22-10)13-19-7-20-23-13/h2-4,6-7H,5H2,1H3,(H,21,24)(H,19,20,23). The largest absolute Gasteiger partial charge is 0.416 e. The van der Waals surface area contributed by atoms with Crippen LogP contribution in [0, 0.1) is 6.92 Å². The summed E-state index contributed by atoms with van der Waals surface area (Å²) in [4.78, 5) is 20.3. The van der Waals surface area contributed by atoms with Crippen molar-refractivity contribution in [3.8, 4) is 10.8 Å². The first-order valence-corrected chi connectivity index (χ1v) is 7.99. The highest BCUT2D eigenvalue weighted by atomic mass is 32.1. The third-order valence-corrected chi connectivity index (χ3v) is 4.24. The van der Waals surface area contributed by atoms with Gasteiger partial charge in [-0.25, -0.2) is 9.97 Å². The number of anilines is 1. The Hall–Kier alpha value is -2.75. The van der Waals surface area contributed by atoms with Gasteiger partial charge in [0.2, 0.25) is 5.91 Å². The minimum absolute atomic E-state index is 0.0557. The van der Waals surface area contributed by atoms with E-state index in [4.69, 9.17) is 0 Å². The van der Waals surface area contributed by atoms with E-state index in [9.17, 15) is 18.0 Å². The number of benzene rings is 1. The number of hydrogen-bond acceptors (Lipinski definition) is 5. The van der Waals surface area contributed by atoms with Gasteiger partial charge in [-0.15, -0.1) is 11.3 Å². The van der Waals surface area contributed by atoms with Crippen LogP contribution in [0.3, 0.4) is 0 Å². The number of hydrogen-bond donors (Lipinski definition) is 2. The van der Waals surface area contributed by atoms with E-state index in [1.165, 1.54) is 36.7 Å². The maximum atomic E-state index is 12.9. The molecule has 6 nitrogen and oxygen atoms in total. The van der Waals surface area contributed by atoms with Gasteiger partial charge in [-0.1, -0.05) is 6.07 Å². The lowest BCUT2D eigenvalue weighted by Gasteiger charge is -2.12. The van der Waals surface area contributed by atoms with Crippen molar-refractivity contribution in [3.63, 3.8) is 0 Å². The van der Waals surface area contributed by atoms with E-state index in [1.807, 2.05) is 0 Å². The highest BCUT2D eigenvalue weighted by Gasteiger charge is 2.32. The molecule has 130 valence electrons. The minimum Gasteiger partial charge on any atom is -0.326 e. The molecule has 1 aromatic carbocycles. The Balaban J connectivity index is 1.69. The number of aryl methyl sites for hydroxylation is 1. The van der Waals surface area contributed by atoms with Crippen LogP contribution in [0.25, 0.3) is 10.8 Å². The van der Waals surface area contributed by atoms with Crippen LogP contribution in [0.15, 0.2) is 29.9 Å². The molecule has 3 aromatic rings. The number of carbonyl (C=O) groups excluding carboxylic acids is 1. The molecule has 0 spiro atoms. The van der Waals surface area contributed by atoms with Gasteiger partial charge in [-0.2, -0.15) is 18.3 Å². The third kappa shape index (κ3) is 4.02. The van der Waals surface area contributed by atoms with Crippen molar-refractivity contribution in [2.75, 3.05) is 5.32 Å². The molecule has 1 amide bonds. The van der Waals surface area contributed by atoms with Gasteiger partial charge in [0.25, 0.3) is 0 Å². The van der Waals surface area contributed by atoms with E-state index in [-0.39, 0.29) is 17.7 Å². The molecular weight excluding hydrogens is 355 g/mol. The Morgan fingerprint density at radius 1 is 1.36 bits per heavy atom. The van der Waals surface area contributed by atoms with Gasteiger partial charge >= 0.3 is 6.18 Å². The zero-order valence-electron chi connectivity index (χ0n) is 12.9. The summed E-state index contributed by atoms with van der Waals surface area (Å²) in [6.07, 6.45) is -3.18. The fraction of sp³-hybridized carbons (Fsp3) is 0.200. The van der Waals surface area contributed by atoms with Gasteiger partial charge in [0.05, 0.1) is 17.7 Å². The van der Waals surface area contributed by atoms with E-state index < -0.39 is 17.6 Å². The van der Waals surface area contributed by atoms with Gasteiger partial charge in [-0.05, 0) is 24.6 Å². The van der Waals surface area contributed by atoms with Crippen molar-refractivity contribution in [2.24, 2.45) is 0 Å². The van der Waals surface area contributed by atoms with Gasteiger partial charge in [-0.3, -0.25) is 9.89 Å². The Morgan fingerprint density at radius 3 is 2.84 bits per heavy atom. The number of halogens is 3. The van der Waals surface area contributed by atoms with Crippen LogP contribution in [0.4, 0.5) is 18.9 Å². The van der Waals surface area contributed by atoms with Crippen LogP contribution in [-0.2, 0) is 17.4 Å². The molecule has 2 aromatic heterocycles. The zero-order valence-corrected chi connectivity index (χ0v) is 13.7.